The van der Waals surface area contributed by atoms with Crippen LogP contribution in [0.3, 0.4) is 0 Å². The molecule has 0 atom stereocenters. The van der Waals surface area contributed by atoms with E-state index in [1.54, 1.807) is 12.1 Å². The van der Waals surface area contributed by atoms with Crippen LogP contribution in [-0.2, 0) is 0 Å². The Morgan fingerprint density at radius 2 is 1.85 bits per heavy atom. The molecule has 0 spiro atoms. The van der Waals surface area contributed by atoms with Crippen LogP contribution in [0.2, 0.25) is 0 Å². The van der Waals surface area contributed by atoms with Gasteiger partial charge in [-0.2, -0.15) is 5.21 Å². The van der Waals surface area contributed by atoms with E-state index >= 15 is 0 Å². The van der Waals surface area contributed by atoms with Crippen molar-refractivity contribution < 1.29 is 0 Å². The summed E-state index contributed by atoms with van der Waals surface area (Å²) in [5.74, 6) is 0.579. The molecule has 0 saturated heterocycles. The van der Waals surface area contributed by atoms with E-state index in [0.29, 0.717) is 5.82 Å². The second-order valence-corrected chi connectivity index (χ2v) is 2.36. The van der Waals surface area contributed by atoms with Gasteiger partial charge >= 0.3 is 0 Å². The Bertz CT molecular complexity index is 351. The number of hydrogen-bond acceptors (Lipinski definition) is 4. The first kappa shape index (κ1) is 9.18. The van der Waals surface area contributed by atoms with Crippen molar-refractivity contribution in [3.8, 4) is 11.4 Å². The third-order valence-electron chi connectivity index (χ3n) is 1.51. The summed E-state index contributed by atoms with van der Waals surface area (Å²) in [6, 6.07) is 7.29. The molecule has 13 heavy (non-hydrogen) atoms. The first-order valence-electron chi connectivity index (χ1n) is 3.45. The van der Waals surface area contributed by atoms with Gasteiger partial charge in [-0.1, -0.05) is 7.43 Å². The van der Waals surface area contributed by atoms with Crippen LogP contribution in [0, 0.1) is 0 Å². The molecule has 0 unspecified atom stereocenters. The summed E-state index contributed by atoms with van der Waals surface area (Å²) >= 11 is 0. The molecule has 5 heteroatoms. The number of benzene rings is 1. The maximum absolute atomic E-state index is 5.52. The van der Waals surface area contributed by atoms with Crippen molar-refractivity contribution in [2.45, 2.75) is 7.43 Å². The van der Waals surface area contributed by atoms with Gasteiger partial charge in [0, 0.05) is 11.3 Å². The number of H-pyrrole nitrogens is 1. The quantitative estimate of drug-likeness (QED) is 0.639. The second-order valence-electron chi connectivity index (χ2n) is 2.36. The number of rotatable bonds is 1. The first-order valence-corrected chi connectivity index (χ1v) is 3.45. The molecule has 68 valence electrons. The fourth-order valence-corrected chi connectivity index (χ4v) is 0.916. The minimum absolute atomic E-state index is 0. The zero-order valence-electron chi connectivity index (χ0n) is 6.23. The molecular weight excluding hydrogens is 166 g/mol. The molecule has 3 N–H and O–H groups in total. The van der Waals surface area contributed by atoms with E-state index in [1.807, 2.05) is 12.1 Å². The van der Waals surface area contributed by atoms with Crippen LogP contribution in [0.25, 0.3) is 11.4 Å². The Labute approximate surface area is 76.0 Å². The monoisotopic (exact) mass is 177 g/mol. The lowest BCUT2D eigenvalue weighted by Crippen LogP contribution is -1.85. The van der Waals surface area contributed by atoms with Crippen molar-refractivity contribution in [2.75, 3.05) is 5.73 Å². The van der Waals surface area contributed by atoms with Gasteiger partial charge in [0.1, 0.15) is 0 Å². The van der Waals surface area contributed by atoms with Gasteiger partial charge in [0.25, 0.3) is 0 Å². The van der Waals surface area contributed by atoms with E-state index in [2.05, 4.69) is 20.6 Å². The molecule has 1 aromatic carbocycles. The molecule has 5 nitrogen and oxygen atoms in total. The number of tetrazole rings is 1. The first-order chi connectivity index (χ1) is 5.86. The third kappa shape index (κ3) is 1.81. The fraction of sp³-hybridized carbons (Fsp3) is 0.125. The Kier molecular flexibility index (Phi) is 2.59. The number of nitrogen functional groups attached to an aromatic ring is 1. The van der Waals surface area contributed by atoms with E-state index in [0.717, 1.165) is 11.3 Å². The van der Waals surface area contributed by atoms with Crippen LogP contribution in [0.5, 0.6) is 0 Å². The molecule has 2 aromatic rings. The van der Waals surface area contributed by atoms with Crippen LogP contribution in [0.4, 0.5) is 5.69 Å². The number of hydrogen-bond donors (Lipinski definition) is 2. The molecule has 0 bridgehead atoms. The van der Waals surface area contributed by atoms with Crippen LogP contribution in [0.15, 0.2) is 24.3 Å². The molecule has 0 fully saturated rings. The molecular formula is C8H11N5. The number of anilines is 1. The number of aromatic nitrogens is 4. The van der Waals surface area contributed by atoms with Crippen LogP contribution in [0.1, 0.15) is 7.43 Å². The molecule has 1 aromatic heterocycles. The molecule has 0 radical (unpaired) electrons. The Morgan fingerprint density at radius 3 is 2.38 bits per heavy atom. The van der Waals surface area contributed by atoms with Crippen LogP contribution in [-0.4, -0.2) is 20.6 Å². The van der Waals surface area contributed by atoms with Crippen LogP contribution >= 0.6 is 0 Å². The van der Waals surface area contributed by atoms with Crippen LogP contribution < -0.4 is 5.73 Å². The van der Waals surface area contributed by atoms with Crippen molar-refractivity contribution >= 4 is 5.69 Å². The predicted molar refractivity (Wildman–Crippen MR) is 50.8 cm³/mol. The van der Waals surface area contributed by atoms with E-state index in [9.17, 15) is 0 Å². The van der Waals surface area contributed by atoms with Gasteiger partial charge in [0.2, 0.25) is 5.82 Å². The molecule has 0 aliphatic heterocycles. The normalized spacial score (nSPS) is 9.23. The number of nitrogens with two attached hydrogens (primary N) is 1. The second kappa shape index (κ2) is 3.66. The van der Waals surface area contributed by atoms with Gasteiger partial charge in [0.05, 0.1) is 0 Å². The summed E-state index contributed by atoms with van der Waals surface area (Å²) in [6.45, 7) is 0. The highest BCUT2D eigenvalue weighted by atomic mass is 15.5. The Balaban J connectivity index is 0.000000845. The average molecular weight is 177 g/mol. The number of nitrogens with one attached hydrogen (secondary N) is 1. The van der Waals surface area contributed by atoms with E-state index < -0.39 is 0 Å². The SMILES string of the molecule is C.Nc1ccc(-c2nn[nH]n2)cc1. The lowest BCUT2D eigenvalue weighted by molar-refractivity contribution is 0.881. The smallest absolute Gasteiger partial charge is 0.204 e. The summed E-state index contributed by atoms with van der Waals surface area (Å²) in [5.41, 5.74) is 7.14. The van der Waals surface area contributed by atoms with Crippen molar-refractivity contribution in [1.29, 1.82) is 0 Å². The van der Waals surface area contributed by atoms with E-state index in [4.69, 9.17) is 5.73 Å². The minimum Gasteiger partial charge on any atom is -0.399 e. The lowest BCUT2D eigenvalue weighted by atomic mass is 10.2. The van der Waals surface area contributed by atoms with Crippen molar-refractivity contribution in [1.82, 2.24) is 20.6 Å². The highest BCUT2D eigenvalue weighted by Crippen LogP contribution is 2.14. The van der Waals surface area contributed by atoms with Crippen molar-refractivity contribution in [3.05, 3.63) is 24.3 Å². The zero-order valence-corrected chi connectivity index (χ0v) is 6.23. The van der Waals surface area contributed by atoms with Crippen molar-refractivity contribution in [3.63, 3.8) is 0 Å². The van der Waals surface area contributed by atoms with E-state index in [-0.39, 0.29) is 7.43 Å². The number of nitrogens with zero attached hydrogens (tertiary/aromatic N) is 3. The molecule has 1 heterocycles. The largest absolute Gasteiger partial charge is 0.399 e. The molecule has 0 amide bonds. The maximum Gasteiger partial charge on any atom is 0.204 e. The third-order valence-corrected chi connectivity index (χ3v) is 1.51. The lowest BCUT2D eigenvalue weighted by Gasteiger charge is -1.93. The van der Waals surface area contributed by atoms with Gasteiger partial charge < -0.3 is 5.73 Å². The highest BCUT2D eigenvalue weighted by Gasteiger charge is 2.00. The predicted octanol–water partition coefficient (Wildman–Crippen LogP) is 1.08. The molecule has 0 aliphatic rings. The molecule has 2 rings (SSSR count). The summed E-state index contributed by atoms with van der Waals surface area (Å²) in [5, 5.41) is 13.5. The fourth-order valence-electron chi connectivity index (χ4n) is 0.916. The van der Waals surface area contributed by atoms with E-state index in [1.165, 1.54) is 0 Å². The number of aromatic amines is 1. The highest BCUT2D eigenvalue weighted by molar-refractivity contribution is 5.57. The topological polar surface area (TPSA) is 80.5 Å². The zero-order chi connectivity index (χ0) is 8.39. The van der Waals surface area contributed by atoms with Gasteiger partial charge in [0.15, 0.2) is 0 Å². The van der Waals surface area contributed by atoms with Gasteiger partial charge in [-0.15, -0.1) is 10.2 Å². The average Bonchev–Trinajstić information content (AvgIpc) is 2.58. The van der Waals surface area contributed by atoms with Crippen molar-refractivity contribution in [2.24, 2.45) is 0 Å². The molecule has 0 saturated carbocycles. The molecule has 0 aliphatic carbocycles. The summed E-state index contributed by atoms with van der Waals surface area (Å²) < 4.78 is 0. The standard InChI is InChI=1S/C7H7N5.CH4/c8-6-3-1-5(2-4-6)7-9-11-12-10-7;/h1-4H,8H2,(H,9,10,11,12);1H4. The summed E-state index contributed by atoms with van der Waals surface area (Å²) in [7, 11) is 0. The Morgan fingerprint density at radius 1 is 1.15 bits per heavy atom. The maximum atomic E-state index is 5.52. The Hall–Kier alpha value is -1.91. The minimum atomic E-state index is 0. The summed E-state index contributed by atoms with van der Waals surface area (Å²) in [6.07, 6.45) is 0. The summed E-state index contributed by atoms with van der Waals surface area (Å²) in [4.78, 5) is 0. The van der Waals surface area contributed by atoms with Gasteiger partial charge in [-0.25, -0.2) is 0 Å². The van der Waals surface area contributed by atoms with Gasteiger partial charge in [-0.05, 0) is 29.5 Å². The van der Waals surface area contributed by atoms with Gasteiger partial charge in [-0.3, -0.25) is 0 Å².